The van der Waals surface area contributed by atoms with Crippen LogP contribution in [-0.2, 0) is 0 Å². The van der Waals surface area contributed by atoms with Crippen LogP contribution in [0, 0.1) is 22.7 Å². The first-order valence-electron chi connectivity index (χ1n) is 7.08. The summed E-state index contributed by atoms with van der Waals surface area (Å²) in [5, 5.41) is 8.89. The van der Waals surface area contributed by atoms with Gasteiger partial charge in [0.05, 0.1) is 12.0 Å². The van der Waals surface area contributed by atoms with Crippen molar-refractivity contribution < 1.29 is 13.2 Å². The van der Waals surface area contributed by atoms with Gasteiger partial charge in [-0.3, -0.25) is 4.90 Å². The minimum Gasteiger partial charge on any atom is -0.299 e. The molecule has 0 atom stereocenters. The molecule has 0 amide bonds. The van der Waals surface area contributed by atoms with Gasteiger partial charge in [0, 0.05) is 25.6 Å². The van der Waals surface area contributed by atoms with Crippen molar-refractivity contribution in [1.82, 2.24) is 4.90 Å². The van der Waals surface area contributed by atoms with Gasteiger partial charge >= 0.3 is 6.18 Å². The number of nitriles is 1. The van der Waals surface area contributed by atoms with Crippen LogP contribution in [0.4, 0.5) is 13.2 Å². The Morgan fingerprint density at radius 2 is 1.84 bits per heavy atom. The number of alkyl halides is 3. The molecule has 0 bridgehead atoms. The largest absolute Gasteiger partial charge is 0.394 e. The molecule has 108 valence electrons. The first-order chi connectivity index (χ1) is 8.90. The van der Waals surface area contributed by atoms with Crippen LogP contribution in [0.3, 0.4) is 0 Å². The molecule has 2 nitrogen and oxygen atoms in total. The highest BCUT2D eigenvalue weighted by Crippen LogP contribution is 2.45. The van der Waals surface area contributed by atoms with Crippen molar-refractivity contribution in [3.05, 3.63) is 0 Å². The molecule has 0 N–H and O–H groups in total. The van der Waals surface area contributed by atoms with Gasteiger partial charge in [-0.05, 0) is 37.5 Å². The fourth-order valence-electron chi connectivity index (χ4n) is 3.42. The maximum absolute atomic E-state index is 12.5. The zero-order chi connectivity index (χ0) is 14.1. The molecule has 1 saturated heterocycles. The molecule has 0 aromatic heterocycles. The number of hydrogen-bond donors (Lipinski definition) is 0. The van der Waals surface area contributed by atoms with E-state index in [0.29, 0.717) is 12.5 Å². The van der Waals surface area contributed by atoms with Crippen molar-refractivity contribution in [3.63, 3.8) is 0 Å². The Labute approximate surface area is 112 Å². The van der Waals surface area contributed by atoms with Crippen molar-refractivity contribution in [3.8, 4) is 6.07 Å². The predicted octanol–water partition coefficient (Wildman–Crippen LogP) is 3.73. The zero-order valence-corrected chi connectivity index (χ0v) is 11.3. The molecule has 2 rings (SSSR count). The van der Waals surface area contributed by atoms with E-state index in [4.69, 9.17) is 5.26 Å². The molecule has 2 aliphatic rings. The SMILES string of the molecule is CCC1(CC#N)CCC(N2CC(C(F)(F)F)C2)CC1. The van der Waals surface area contributed by atoms with E-state index in [2.05, 4.69) is 13.0 Å². The minimum atomic E-state index is -4.03. The lowest BCUT2D eigenvalue weighted by molar-refractivity contribution is -0.215. The second-order valence-electron chi connectivity index (χ2n) is 6.11. The number of rotatable bonds is 3. The molecule has 1 aliphatic heterocycles. The van der Waals surface area contributed by atoms with Crippen LogP contribution in [0.1, 0.15) is 45.4 Å². The van der Waals surface area contributed by atoms with Gasteiger partial charge in [-0.2, -0.15) is 18.4 Å². The van der Waals surface area contributed by atoms with Gasteiger partial charge in [-0.15, -0.1) is 0 Å². The Hall–Kier alpha value is -0.760. The number of halogens is 3. The van der Waals surface area contributed by atoms with Crippen LogP contribution >= 0.6 is 0 Å². The summed E-state index contributed by atoms with van der Waals surface area (Å²) in [5.41, 5.74) is 0.125. The first-order valence-corrected chi connectivity index (χ1v) is 7.08. The average Bonchev–Trinajstić information content (AvgIpc) is 2.28. The minimum absolute atomic E-state index is 0.125. The molecule has 0 spiro atoms. The normalized spacial score (nSPS) is 33.7. The lowest BCUT2D eigenvalue weighted by Gasteiger charge is -2.49. The van der Waals surface area contributed by atoms with E-state index in [-0.39, 0.29) is 18.5 Å². The monoisotopic (exact) mass is 274 g/mol. The molecule has 2 fully saturated rings. The number of likely N-dealkylation sites (tertiary alicyclic amines) is 1. The predicted molar refractivity (Wildman–Crippen MR) is 66.3 cm³/mol. The molecular formula is C14H21F3N2. The van der Waals surface area contributed by atoms with E-state index in [1.54, 1.807) is 0 Å². The van der Waals surface area contributed by atoms with Gasteiger partial charge in [0.15, 0.2) is 0 Å². The fourth-order valence-corrected chi connectivity index (χ4v) is 3.42. The molecule has 1 aliphatic carbocycles. The molecule has 19 heavy (non-hydrogen) atoms. The standard InChI is InChI=1S/C14H21F3N2/c1-2-13(7-8-18)5-3-12(4-6-13)19-9-11(10-19)14(15,16)17/h11-12H,2-7,9-10H2,1H3. The molecular weight excluding hydrogens is 253 g/mol. The van der Waals surface area contributed by atoms with Crippen molar-refractivity contribution in [1.29, 1.82) is 5.26 Å². The Morgan fingerprint density at radius 1 is 1.26 bits per heavy atom. The van der Waals surface area contributed by atoms with Gasteiger partial charge < -0.3 is 0 Å². The van der Waals surface area contributed by atoms with Gasteiger partial charge in [-0.25, -0.2) is 0 Å². The molecule has 0 radical (unpaired) electrons. The zero-order valence-electron chi connectivity index (χ0n) is 11.3. The lowest BCUT2D eigenvalue weighted by Crippen LogP contribution is -2.58. The Bertz CT molecular complexity index is 345. The number of hydrogen-bond acceptors (Lipinski definition) is 2. The van der Waals surface area contributed by atoms with Gasteiger partial charge in [-0.1, -0.05) is 6.92 Å². The third-order valence-corrected chi connectivity index (χ3v) is 5.11. The summed E-state index contributed by atoms with van der Waals surface area (Å²) in [6, 6.07) is 2.57. The van der Waals surface area contributed by atoms with E-state index in [1.807, 2.05) is 4.90 Å². The van der Waals surface area contributed by atoms with Crippen LogP contribution < -0.4 is 0 Å². The van der Waals surface area contributed by atoms with Gasteiger partial charge in [0.1, 0.15) is 0 Å². The van der Waals surface area contributed by atoms with Crippen LogP contribution in [-0.4, -0.2) is 30.2 Å². The summed E-state index contributed by atoms with van der Waals surface area (Å²) in [6.45, 7) is 2.46. The maximum Gasteiger partial charge on any atom is 0.394 e. The van der Waals surface area contributed by atoms with E-state index in [1.165, 1.54) is 0 Å². The summed E-state index contributed by atoms with van der Waals surface area (Å²) in [6.07, 6.45) is 1.41. The second-order valence-corrected chi connectivity index (χ2v) is 6.11. The highest BCUT2D eigenvalue weighted by Gasteiger charge is 2.49. The molecule has 1 heterocycles. The third kappa shape index (κ3) is 3.05. The molecule has 1 saturated carbocycles. The summed E-state index contributed by atoms with van der Waals surface area (Å²) >= 11 is 0. The quantitative estimate of drug-likeness (QED) is 0.784. The highest BCUT2D eigenvalue weighted by molar-refractivity contribution is 4.96. The average molecular weight is 274 g/mol. The third-order valence-electron chi connectivity index (χ3n) is 5.11. The molecule has 5 heteroatoms. The summed E-state index contributed by atoms with van der Waals surface area (Å²) in [4.78, 5) is 1.98. The van der Waals surface area contributed by atoms with Crippen LogP contribution in [0.5, 0.6) is 0 Å². The van der Waals surface area contributed by atoms with Crippen LogP contribution in [0.15, 0.2) is 0 Å². The Morgan fingerprint density at radius 3 is 2.26 bits per heavy atom. The van der Waals surface area contributed by atoms with Crippen molar-refractivity contribution >= 4 is 0 Å². The van der Waals surface area contributed by atoms with Crippen molar-refractivity contribution in [2.45, 2.75) is 57.7 Å². The van der Waals surface area contributed by atoms with Crippen LogP contribution in [0.25, 0.3) is 0 Å². The van der Waals surface area contributed by atoms with Gasteiger partial charge in [0.2, 0.25) is 0 Å². The van der Waals surface area contributed by atoms with E-state index >= 15 is 0 Å². The molecule has 0 unspecified atom stereocenters. The summed E-state index contributed by atoms with van der Waals surface area (Å²) in [7, 11) is 0. The van der Waals surface area contributed by atoms with Crippen LogP contribution in [0.2, 0.25) is 0 Å². The Balaban J connectivity index is 1.81. The number of nitrogens with zero attached hydrogens (tertiary/aromatic N) is 2. The van der Waals surface area contributed by atoms with Crippen molar-refractivity contribution in [2.75, 3.05) is 13.1 Å². The smallest absolute Gasteiger partial charge is 0.299 e. The van der Waals surface area contributed by atoms with E-state index in [0.717, 1.165) is 32.1 Å². The lowest BCUT2D eigenvalue weighted by atomic mass is 9.68. The topological polar surface area (TPSA) is 27.0 Å². The molecule has 0 aromatic rings. The molecule has 0 aromatic carbocycles. The fraction of sp³-hybridized carbons (Fsp3) is 0.929. The second kappa shape index (κ2) is 5.32. The summed E-state index contributed by atoms with van der Waals surface area (Å²) in [5.74, 6) is -1.12. The van der Waals surface area contributed by atoms with Crippen molar-refractivity contribution in [2.24, 2.45) is 11.3 Å². The first kappa shape index (κ1) is 14.6. The maximum atomic E-state index is 12.5. The highest BCUT2D eigenvalue weighted by atomic mass is 19.4. The van der Waals surface area contributed by atoms with E-state index < -0.39 is 12.1 Å². The Kier molecular flexibility index (Phi) is 4.10. The summed E-state index contributed by atoms with van der Waals surface area (Å²) < 4.78 is 37.4. The van der Waals surface area contributed by atoms with Gasteiger partial charge in [0.25, 0.3) is 0 Å². The van der Waals surface area contributed by atoms with E-state index in [9.17, 15) is 13.2 Å².